The molecule has 1 saturated heterocycles. The van der Waals surface area contributed by atoms with Gasteiger partial charge in [0.1, 0.15) is 0 Å². The van der Waals surface area contributed by atoms with Crippen LogP contribution in [0.1, 0.15) is 27.7 Å². The summed E-state index contributed by atoms with van der Waals surface area (Å²) in [5.41, 5.74) is 0. The maximum absolute atomic E-state index is 12.3. The van der Waals surface area contributed by atoms with E-state index in [0.29, 0.717) is 25.6 Å². The van der Waals surface area contributed by atoms with Crippen molar-refractivity contribution in [2.24, 2.45) is 5.92 Å². The van der Waals surface area contributed by atoms with Crippen LogP contribution in [0.2, 0.25) is 0 Å². The minimum atomic E-state index is -0.901. The van der Waals surface area contributed by atoms with Gasteiger partial charge in [0.25, 0.3) is 0 Å². The first kappa shape index (κ1) is 16.9. The molecule has 0 aromatic heterocycles. The molecule has 1 amide bonds. The first-order valence-corrected chi connectivity index (χ1v) is 7.15. The summed E-state index contributed by atoms with van der Waals surface area (Å²) in [4.78, 5) is 26.6. The fourth-order valence-electron chi connectivity index (χ4n) is 2.57. The van der Waals surface area contributed by atoms with Crippen LogP contribution in [0.25, 0.3) is 0 Å². The Balaban J connectivity index is 2.57. The number of nitrogens with zero attached hydrogens (tertiary/aromatic N) is 2. The van der Waals surface area contributed by atoms with Crippen LogP contribution < -0.4 is 0 Å². The normalized spacial score (nSPS) is 23.4. The van der Waals surface area contributed by atoms with Gasteiger partial charge in [-0.15, -0.1) is 0 Å². The lowest BCUT2D eigenvalue weighted by atomic mass is 10.2. The number of ether oxygens (including phenoxy) is 1. The zero-order chi connectivity index (χ0) is 15.3. The number of carbonyl (C=O) groups is 2. The molecule has 0 radical (unpaired) electrons. The summed E-state index contributed by atoms with van der Waals surface area (Å²) < 4.78 is 5.60. The summed E-state index contributed by atoms with van der Waals surface area (Å²) in [6, 6.07) is 0. The maximum Gasteiger partial charge on any atom is 0.317 e. The van der Waals surface area contributed by atoms with Crippen LogP contribution in [0.15, 0.2) is 0 Å². The Labute approximate surface area is 120 Å². The first-order valence-electron chi connectivity index (χ1n) is 7.15. The van der Waals surface area contributed by atoms with Crippen molar-refractivity contribution in [1.82, 2.24) is 9.80 Å². The van der Waals surface area contributed by atoms with Crippen LogP contribution in [0.5, 0.6) is 0 Å². The second-order valence-electron chi connectivity index (χ2n) is 6.01. The summed E-state index contributed by atoms with van der Waals surface area (Å²) in [5, 5.41) is 8.92. The second-order valence-corrected chi connectivity index (χ2v) is 6.01. The molecule has 1 rings (SSSR count). The number of rotatable bonds is 6. The summed E-state index contributed by atoms with van der Waals surface area (Å²) in [6.07, 6.45) is 0.0569. The molecule has 6 heteroatoms. The van der Waals surface area contributed by atoms with Crippen LogP contribution in [0.3, 0.4) is 0 Å². The number of morpholine rings is 1. The van der Waals surface area contributed by atoms with Crippen molar-refractivity contribution in [3.8, 4) is 0 Å². The second kappa shape index (κ2) is 7.59. The molecule has 0 aliphatic carbocycles. The number of hydrogen-bond acceptors (Lipinski definition) is 4. The summed E-state index contributed by atoms with van der Waals surface area (Å²) in [6.45, 7) is 9.73. The third kappa shape index (κ3) is 5.88. The lowest BCUT2D eigenvalue weighted by molar-refractivity contribution is -0.146. The topological polar surface area (TPSA) is 70.1 Å². The van der Waals surface area contributed by atoms with Gasteiger partial charge in [0.2, 0.25) is 5.91 Å². The number of hydrogen-bond donors (Lipinski definition) is 1. The molecule has 1 N–H and O–H groups in total. The van der Waals surface area contributed by atoms with Gasteiger partial charge < -0.3 is 14.7 Å². The molecule has 1 fully saturated rings. The highest BCUT2D eigenvalue weighted by molar-refractivity contribution is 5.79. The van der Waals surface area contributed by atoms with Gasteiger partial charge in [-0.05, 0) is 19.8 Å². The van der Waals surface area contributed by atoms with Gasteiger partial charge in [0.05, 0.1) is 25.3 Å². The Kier molecular flexibility index (Phi) is 6.42. The van der Waals surface area contributed by atoms with Gasteiger partial charge in [0.15, 0.2) is 0 Å². The average molecular weight is 286 g/mol. The van der Waals surface area contributed by atoms with Crippen molar-refractivity contribution < 1.29 is 19.4 Å². The third-order valence-corrected chi connectivity index (χ3v) is 3.11. The highest BCUT2D eigenvalue weighted by Crippen LogP contribution is 2.11. The SMILES string of the molecule is CC(C)CN(CC(=O)O)CC(=O)N1CC(C)OC(C)C1. The number of carboxylic acids is 1. The molecule has 20 heavy (non-hydrogen) atoms. The quantitative estimate of drug-likeness (QED) is 0.777. The number of aliphatic carboxylic acids is 1. The van der Waals surface area contributed by atoms with Crippen LogP contribution in [0.4, 0.5) is 0 Å². The number of amides is 1. The van der Waals surface area contributed by atoms with E-state index in [0.717, 1.165) is 0 Å². The Morgan fingerprint density at radius 3 is 2.25 bits per heavy atom. The number of carbonyl (C=O) groups excluding carboxylic acids is 1. The Morgan fingerprint density at radius 1 is 1.25 bits per heavy atom. The molecule has 6 nitrogen and oxygen atoms in total. The molecule has 2 unspecified atom stereocenters. The van der Waals surface area contributed by atoms with Gasteiger partial charge in [-0.2, -0.15) is 0 Å². The van der Waals surface area contributed by atoms with Crippen molar-refractivity contribution >= 4 is 11.9 Å². The van der Waals surface area contributed by atoms with Crippen LogP contribution >= 0.6 is 0 Å². The molecule has 0 aromatic rings. The van der Waals surface area contributed by atoms with E-state index >= 15 is 0 Å². The van der Waals surface area contributed by atoms with Gasteiger partial charge in [-0.3, -0.25) is 14.5 Å². The average Bonchev–Trinajstić information content (AvgIpc) is 2.25. The molecule has 0 aromatic carbocycles. The maximum atomic E-state index is 12.3. The van der Waals surface area contributed by atoms with Crippen LogP contribution in [-0.2, 0) is 14.3 Å². The molecule has 2 atom stereocenters. The molecule has 0 spiro atoms. The van der Waals surface area contributed by atoms with E-state index in [-0.39, 0.29) is 31.2 Å². The van der Waals surface area contributed by atoms with E-state index in [1.807, 2.05) is 27.7 Å². The van der Waals surface area contributed by atoms with Gasteiger partial charge in [-0.25, -0.2) is 0 Å². The van der Waals surface area contributed by atoms with Crippen molar-refractivity contribution in [1.29, 1.82) is 0 Å². The van der Waals surface area contributed by atoms with E-state index in [1.165, 1.54) is 0 Å². The predicted molar refractivity (Wildman–Crippen MR) is 75.5 cm³/mol. The molecule has 1 aliphatic rings. The van der Waals surface area contributed by atoms with Crippen molar-refractivity contribution in [3.63, 3.8) is 0 Å². The molecule has 116 valence electrons. The zero-order valence-electron chi connectivity index (χ0n) is 12.8. The third-order valence-electron chi connectivity index (χ3n) is 3.11. The van der Waals surface area contributed by atoms with Crippen molar-refractivity contribution in [3.05, 3.63) is 0 Å². The number of carboxylic acid groups (broad SMARTS) is 1. The fraction of sp³-hybridized carbons (Fsp3) is 0.857. The highest BCUT2D eigenvalue weighted by atomic mass is 16.5. The monoisotopic (exact) mass is 286 g/mol. The molecule has 0 bridgehead atoms. The Morgan fingerprint density at radius 2 is 1.80 bits per heavy atom. The Hall–Kier alpha value is -1.14. The van der Waals surface area contributed by atoms with E-state index in [2.05, 4.69) is 0 Å². The lowest BCUT2D eigenvalue weighted by Gasteiger charge is -2.36. The highest BCUT2D eigenvalue weighted by Gasteiger charge is 2.27. The summed E-state index contributed by atoms with van der Waals surface area (Å²) in [7, 11) is 0. The minimum absolute atomic E-state index is 0.0195. The van der Waals surface area contributed by atoms with Crippen LogP contribution in [-0.4, -0.2) is 71.7 Å². The van der Waals surface area contributed by atoms with Gasteiger partial charge in [0, 0.05) is 19.6 Å². The summed E-state index contributed by atoms with van der Waals surface area (Å²) >= 11 is 0. The molecular weight excluding hydrogens is 260 g/mol. The lowest BCUT2D eigenvalue weighted by Crippen LogP contribution is -2.51. The smallest absolute Gasteiger partial charge is 0.317 e. The van der Waals surface area contributed by atoms with E-state index < -0.39 is 5.97 Å². The minimum Gasteiger partial charge on any atom is -0.480 e. The van der Waals surface area contributed by atoms with Crippen molar-refractivity contribution in [2.45, 2.75) is 39.9 Å². The molecule has 0 saturated carbocycles. The largest absolute Gasteiger partial charge is 0.480 e. The predicted octanol–water partition coefficient (Wildman–Crippen LogP) is 0.665. The molecular formula is C14H26N2O4. The van der Waals surface area contributed by atoms with Gasteiger partial charge in [-0.1, -0.05) is 13.8 Å². The van der Waals surface area contributed by atoms with E-state index in [4.69, 9.17) is 9.84 Å². The zero-order valence-corrected chi connectivity index (χ0v) is 12.8. The molecule has 1 heterocycles. The summed E-state index contributed by atoms with van der Waals surface area (Å²) in [5.74, 6) is -0.597. The van der Waals surface area contributed by atoms with Crippen LogP contribution in [0, 0.1) is 5.92 Å². The van der Waals surface area contributed by atoms with Crippen molar-refractivity contribution in [2.75, 3.05) is 32.7 Å². The first-order chi connectivity index (χ1) is 9.27. The Bertz CT molecular complexity index is 336. The van der Waals surface area contributed by atoms with E-state index in [1.54, 1.807) is 9.80 Å². The molecule has 1 aliphatic heterocycles. The fourth-order valence-corrected chi connectivity index (χ4v) is 2.57. The van der Waals surface area contributed by atoms with Gasteiger partial charge >= 0.3 is 5.97 Å². The van der Waals surface area contributed by atoms with E-state index in [9.17, 15) is 9.59 Å². The standard InChI is InChI=1S/C14H26N2O4/c1-10(2)5-15(9-14(18)19)8-13(17)16-6-11(3)20-12(4)7-16/h10-12H,5-9H2,1-4H3,(H,18,19).